The number of hydrogen-bond acceptors (Lipinski definition) is 8. The van der Waals surface area contributed by atoms with Gasteiger partial charge in [-0.25, -0.2) is 4.98 Å². The molecule has 3 N–H and O–H groups in total. The van der Waals surface area contributed by atoms with Crippen LogP contribution >= 0.6 is 11.5 Å². The molecule has 31 heavy (non-hydrogen) atoms. The van der Waals surface area contributed by atoms with Crippen molar-refractivity contribution >= 4 is 38.4 Å². The van der Waals surface area contributed by atoms with Gasteiger partial charge in [-0.15, -0.1) is 0 Å². The summed E-state index contributed by atoms with van der Waals surface area (Å²) in [6.45, 7) is 0. The van der Waals surface area contributed by atoms with E-state index in [4.69, 9.17) is 10.2 Å². The van der Waals surface area contributed by atoms with Crippen LogP contribution in [0.2, 0.25) is 0 Å². The molecule has 1 aliphatic rings. The van der Waals surface area contributed by atoms with Crippen molar-refractivity contribution < 1.29 is 9.52 Å². The standard InChI is InChI=1S/C22H20N6O2S/c23-22-20-16(5-19(30-20)18-9-24-6-12-8-27-31-21(12)18)17(10-25-22)13-7-26-28(11-13)14-1-3-15(29)4-2-14/h5-11,14-15,29H,1-4H2,(H2,23,25). The van der Waals surface area contributed by atoms with Gasteiger partial charge in [0.25, 0.3) is 0 Å². The SMILES string of the molecule is Nc1ncc(-c2cnn(C3CCC(O)CC3)c2)c2cc(-c3cncc4cnsc34)oc12. The first kappa shape index (κ1) is 18.5. The molecule has 1 aliphatic carbocycles. The number of nitrogen functional groups attached to an aromatic ring is 1. The molecule has 0 atom stereocenters. The summed E-state index contributed by atoms with van der Waals surface area (Å²) in [7, 11) is 0. The minimum Gasteiger partial charge on any atom is -0.452 e. The van der Waals surface area contributed by atoms with Crippen molar-refractivity contribution in [3.63, 3.8) is 0 Å². The summed E-state index contributed by atoms with van der Waals surface area (Å²) in [5, 5.41) is 16.3. The van der Waals surface area contributed by atoms with Gasteiger partial charge in [-0.2, -0.15) is 9.47 Å². The molecular formula is C22H20N6O2S. The predicted octanol–water partition coefficient (Wildman–Crippen LogP) is 4.42. The molecule has 0 bridgehead atoms. The molecule has 0 spiro atoms. The zero-order valence-electron chi connectivity index (χ0n) is 16.6. The van der Waals surface area contributed by atoms with Gasteiger partial charge >= 0.3 is 0 Å². The number of aromatic nitrogens is 5. The van der Waals surface area contributed by atoms with Crippen LogP contribution in [-0.2, 0) is 0 Å². The van der Waals surface area contributed by atoms with E-state index < -0.39 is 0 Å². The van der Waals surface area contributed by atoms with E-state index >= 15 is 0 Å². The smallest absolute Gasteiger partial charge is 0.177 e. The zero-order valence-corrected chi connectivity index (χ0v) is 17.4. The quantitative estimate of drug-likeness (QED) is 0.433. The van der Waals surface area contributed by atoms with E-state index in [9.17, 15) is 5.11 Å². The fourth-order valence-electron chi connectivity index (χ4n) is 4.38. The van der Waals surface area contributed by atoms with E-state index in [-0.39, 0.29) is 6.10 Å². The number of rotatable bonds is 3. The van der Waals surface area contributed by atoms with Crippen molar-refractivity contribution in [2.24, 2.45) is 0 Å². The molecule has 1 saturated carbocycles. The highest BCUT2D eigenvalue weighted by Gasteiger charge is 2.22. The summed E-state index contributed by atoms with van der Waals surface area (Å²) >= 11 is 1.41. The van der Waals surface area contributed by atoms with Gasteiger partial charge in [0.1, 0.15) is 5.76 Å². The Labute approximate surface area is 181 Å². The van der Waals surface area contributed by atoms with Gasteiger partial charge in [0, 0.05) is 46.7 Å². The van der Waals surface area contributed by atoms with Gasteiger partial charge in [-0.05, 0) is 43.3 Å². The second kappa shape index (κ2) is 7.14. The molecule has 6 rings (SSSR count). The van der Waals surface area contributed by atoms with Crippen LogP contribution in [0.5, 0.6) is 0 Å². The zero-order chi connectivity index (χ0) is 20.9. The van der Waals surface area contributed by atoms with Crippen molar-refractivity contribution in [1.29, 1.82) is 0 Å². The minimum absolute atomic E-state index is 0.186. The molecule has 1 fully saturated rings. The lowest BCUT2D eigenvalue weighted by Crippen LogP contribution is -2.21. The number of hydrogen-bond donors (Lipinski definition) is 2. The maximum absolute atomic E-state index is 9.78. The highest BCUT2D eigenvalue weighted by molar-refractivity contribution is 7.13. The Bertz CT molecular complexity index is 1400. The summed E-state index contributed by atoms with van der Waals surface area (Å²) in [5.74, 6) is 1.04. The largest absolute Gasteiger partial charge is 0.452 e. The van der Waals surface area contributed by atoms with Crippen molar-refractivity contribution in [2.75, 3.05) is 5.73 Å². The fraction of sp³-hybridized carbons (Fsp3) is 0.273. The normalized spacial score (nSPS) is 19.4. The first-order chi connectivity index (χ1) is 15.2. The molecule has 5 aromatic rings. The Kier molecular flexibility index (Phi) is 4.25. The average molecular weight is 433 g/mol. The Morgan fingerprint density at radius 1 is 1.06 bits per heavy atom. The molecule has 0 amide bonds. The number of nitrogens with two attached hydrogens (primary N) is 1. The third-order valence-electron chi connectivity index (χ3n) is 6.07. The first-order valence-electron chi connectivity index (χ1n) is 10.3. The number of aliphatic hydroxyl groups is 1. The van der Waals surface area contributed by atoms with E-state index in [1.807, 2.05) is 23.1 Å². The monoisotopic (exact) mass is 432 g/mol. The van der Waals surface area contributed by atoms with Crippen molar-refractivity contribution in [2.45, 2.75) is 37.8 Å². The van der Waals surface area contributed by atoms with Gasteiger partial charge in [-0.3, -0.25) is 9.67 Å². The average Bonchev–Trinajstić information content (AvgIpc) is 3.53. The van der Waals surface area contributed by atoms with Gasteiger partial charge < -0.3 is 15.3 Å². The molecule has 5 heterocycles. The number of fused-ring (bicyclic) bond motifs is 2. The second-order valence-electron chi connectivity index (χ2n) is 8.01. The van der Waals surface area contributed by atoms with Crippen molar-refractivity contribution in [1.82, 2.24) is 24.1 Å². The van der Waals surface area contributed by atoms with Crippen LogP contribution in [0.3, 0.4) is 0 Å². The Balaban J connectivity index is 1.44. The number of furan rings is 1. The molecule has 5 aromatic heterocycles. The molecular weight excluding hydrogens is 412 g/mol. The first-order valence-corrected chi connectivity index (χ1v) is 11.0. The molecule has 0 unspecified atom stereocenters. The van der Waals surface area contributed by atoms with Crippen LogP contribution in [0.15, 0.2) is 47.7 Å². The lowest BCUT2D eigenvalue weighted by atomic mass is 9.93. The summed E-state index contributed by atoms with van der Waals surface area (Å²) in [4.78, 5) is 8.69. The van der Waals surface area contributed by atoms with Crippen molar-refractivity contribution in [3.8, 4) is 22.5 Å². The highest BCUT2D eigenvalue weighted by atomic mass is 32.1. The molecule has 0 radical (unpaired) electrons. The van der Waals surface area contributed by atoms with Crippen LogP contribution in [-0.4, -0.2) is 35.3 Å². The van der Waals surface area contributed by atoms with E-state index in [1.165, 1.54) is 11.5 Å². The summed E-state index contributed by atoms with van der Waals surface area (Å²) < 4.78 is 13.5. The maximum Gasteiger partial charge on any atom is 0.177 e. The van der Waals surface area contributed by atoms with Gasteiger partial charge in [0.05, 0.1) is 34.8 Å². The van der Waals surface area contributed by atoms with Crippen LogP contribution in [0.4, 0.5) is 5.82 Å². The number of aliphatic hydroxyl groups excluding tert-OH is 1. The summed E-state index contributed by atoms with van der Waals surface area (Å²) in [5.41, 5.74) is 9.48. The predicted molar refractivity (Wildman–Crippen MR) is 120 cm³/mol. The number of anilines is 1. The Hall–Kier alpha value is -3.30. The topological polar surface area (TPSA) is 116 Å². The third kappa shape index (κ3) is 3.08. The van der Waals surface area contributed by atoms with E-state index in [2.05, 4.69) is 19.4 Å². The molecule has 9 heteroatoms. The minimum atomic E-state index is -0.186. The van der Waals surface area contributed by atoms with E-state index in [0.29, 0.717) is 23.2 Å². The van der Waals surface area contributed by atoms with Crippen LogP contribution < -0.4 is 5.73 Å². The highest BCUT2D eigenvalue weighted by Crippen LogP contribution is 2.39. The summed E-state index contributed by atoms with van der Waals surface area (Å²) in [6, 6.07) is 2.30. The van der Waals surface area contributed by atoms with Gasteiger partial charge in [0.15, 0.2) is 11.4 Å². The lowest BCUT2D eigenvalue weighted by Gasteiger charge is -2.25. The van der Waals surface area contributed by atoms with Gasteiger partial charge in [0.2, 0.25) is 0 Å². The second-order valence-corrected chi connectivity index (χ2v) is 8.81. The maximum atomic E-state index is 9.78. The molecule has 156 valence electrons. The van der Waals surface area contributed by atoms with Crippen molar-refractivity contribution in [3.05, 3.63) is 43.2 Å². The van der Waals surface area contributed by atoms with E-state index in [1.54, 1.807) is 24.8 Å². The fourth-order valence-corrected chi connectivity index (χ4v) is 5.11. The molecule has 8 nitrogen and oxygen atoms in total. The molecule has 0 saturated heterocycles. The molecule has 0 aromatic carbocycles. The van der Waals surface area contributed by atoms with E-state index in [0.717, 1.165) is 57.8 Å². The Morgan fingerprint density at radius 2 is 1.94 bits per heavy atom. The lowest BCUT2D eigenvalue weighted by molar-refractivity contribution is 0.108. The third-order valence-corrected chi connectivity index (χ3v) is 6.91. The number of pyridine rings is 2. The summed E-state index contributed by atoms with van der Waals surface area (Å²) in [6.07, 6.45) is 14.4. The van der Waals surface area contributed by atoms with Crippen LogP contribution in [0.1, 0.15) is 31.7 Å². The van der Waals surface area contributed by atoms with Crippen LogP contribution in [0, 0.1) is 0 Å². The van der Waals surface area contributed by atoms with Crippen LogP contribution in [0.25, 0.3) is 43.5 Å². The molecule has 0 aliphatic heterocycles. The van der Waals surface area contributed by atoms with Gasteiger partial charge in [-0.1, -0.05) is 0 Å². The number of nitrogens with zero attached hydrogens (tertiary/aromatic N) is 5. The Morgan fingerprint density at radius 3 is 2.81 bits per heavy atom.